The zero-order valence-electron chi connectivity index (χ0n) is 11.3. The average molecular weight is 265 g/mol. The lowest BCUT2D eigenvalue weighted by Gasteiger charge is -2.24. The maximum absolute atomic E-state index is 12.9. The first kappa shape index (κ1) is 14.0. The van der Waals surface area contributed by atoms with Crippen molar-refractivity contribution in [2.45, 2.75) is 38.1 Å². The van der Waals surface area contributed by atoms with Crippen LogP contribution in [0.5, 0.6) is 0 Å². The Morgan fingerprint density at radius 3 is 2.37 bits per heavy atom. The molecular formula is C15H20FNO2. The first-order valence-electron chi connectivity index (χ1n) is 6.67. The minimum absolute atomic E-state index is 0.0631. The van der Waals surface area contributed by atoms with Crippen LogP contribution < -0.4 is 5.32 Å². The summed E-state index contributed by atoms with van der Waals surface area (Å²) in [4.78, 5) is 12.4. The smallest absolute Gasteiger partial charge is 0.230 e. The van der Waals surface area contributed by atoms with Gasteiger partial charge in [-0.05, 0) is 36.5 Å². The molecule has 1 aliphatic carbocycles. The number of aliphatic hydroxyl groups excluding tert-OH is 1. The highest BCUT2D eigenvalue weighted by Crippen LogP contribution is 2.48. The molecule has 0 heterocycles. The van der Waals surface area contributed by atoms with Crippen molar-refractivity contribution in [1.82, 2.24) is 5.32 Å². The van der Waals surface area contributed by atoms with E-state index in [4.69, 9.17) is 0 Å². The third-order valence-electron chi connectivity index (χ3n) is 3.90. The van der Waals surface area contributed by atoms with Crippen molar-refractivity contribution >= 4 is 5.91 Å². The van der Waals surface area contributed by atoms with E-state index in [9.17, 15) is 14.3 Å². The van der Waals surface area contributed by atoms with E-state index in [1.54, 1.807) is 12.1 Å². The molecule has 2 N–H and O–H groups in total. The van der Waals surface area contributed by atoms with Gasteiger partial charge in [-0.1, -0.05) is 26.0 Å². The highest BCUT2D eigenvalue weighted by molar-refractivity contribution is 5.91. The van der Waals surface area contributed by atoms with Crippen molar-refractivity contribution in [2.24, 2.45) is 5.92 Å². The molecule has 1 fully saturated rings. The minimum atomic E-state index is -0.518. The van der Waals surface area contributed by atoms with Crippen LogP contribution >= 0.6 is 0 Å². The number of halogens is 1. The van der Waals surface area contributed by atoms with E-state index in [0.717, 1.165) is 18.4 Å². The third kappa shape index (κ3) is 2.78. The molecule has 4 heteroatoms. The van der Waals surface area contributed by atoms with Gasteiger partial charge in [-0.25, -0.2) is 4.39 Å². The van der Waals surface area contributed by atoms with Crippen molar-refractivity contribution in [3.05, 3.63) is 35.6 Å². The quantitative estimate of drug-likeness (QED) is 0.855. The zero-order valence-corrected chi connectivity index (χ0v) is 11.3. The van der Waals surface area contributed by atoms with E-state index in [1.807, 2.05) is 13.8 Å². The van der Waals surface area contributed by atoms with Crippen molar-refractivity contribution in [3.63, 3.8) is 0 Å². The standard InChI is InChI=1S/C15H20FNO2/c1-10(2)13(9-18)17-14(19)15(7-8-15)11-3-5-12(16)6-4-11/h3-6,10,13,18H,7-9H2,1-2H3,(H,17,19). The molecule has 1 aliphatic rings. The van der Waals surface area contributed by atoms with Crippen molar-refractivity contribution in [1.29, 1.82) is 0 Å². The van der Waals surface area contributed by atoms with Crippen molar-refractivity contribution in [2.75, 3.05) is 6.61 Å². The average Bonchev–Trinajstić information content (AvgIpc) is 3.17. The molecule has 0 bridgehead atoms. The highest BCUT2D eigenvalue weighted by atomic mass is 19.1. The second-order valence-corrected chi connectivity index (χ2v) is 5.60. The van der Waals surface area contributed by atoms with Crippen LogP contribution in [-0.4, -0.2) is 23.7 Å². The minimum Gasteiger partial charge on any atom is -0.394 e. The van der Waals surface area contributed by atoms with Crippen LogP contribution in [0.15, 0.2) is 24.3 Å². The number of rotatable bonds is 5. The van der Waals surface area contributed by atoms with Gasteiger partial charge in [0.15, 0.2) is 0 Å². The number of nitrogens with one attached hydrogen (secondary N) is 1. The maximum atomic E-state index is 12.9. The summed E-state index contributed by atoms with van der Waals surface area (Å²) in [6.07, 6.45) is 1.56. The van der Waals surface area contributed by atoms with Gasteiger partial charge in [0.2, 0.25) is 5.91 Å². The lowest BCUT2D eigenvalue weighted by atomic mass is 9.93. The summed E-state index contributed by atoms with van der Waals surface area (Å²) in [5.74, 6) is -0.180. The molecule has 0 spiro atoms. The Balaban J connectivity index is 2.12. The van der Waals surface area contributed by atoms with E-state index < -0.39 is 5.41 Å². The van der Waals surface area contributed by atoms with Crippen molar-refractivity contribution in [3.8, 4) is 0 Å². The van der Waals surface area contributed by atoms with Crippen LogP contribution in [0.1, 0.15) is 32.3 Å². The molecule has 0 radical (unpaired) electrons. The second kappa shape index (κ2) is 5.29. The molecule has 1 aromatic rings. The van der Waals surface area contributed by atoms with Crippen LogP contribution in [0.2, 0.25) is 0 Å². The van der Waals surface area contributed by atoms with E-state index >= 15 is 0 Å². The number of amides is 1. The Hall–Kier alpha value is -1.42. The number of aliphatic hydroxyl groups is 1. The van der Waals surface area contributed by atoms with E-state index in [-0.39, 0.29) is 30.3 Å². The summed E-state index contributed by atoms with van der Waals surface area (Å²) >= 11 is 0. The predicted molar refractivity (Wildman–Crippen MR) is 71.2 cm³/mol. The number of carbonyl (C=O) groups is 1. The fourth-order valence-corrected chi connectivity index (χ4v) is 2.27. The topological polar surface area (TPSA) is 49.3 Å². The normalized spacial score (nSPS) is 18.2. The predicted octanol–water partition coefficient (Wildman–Crippen LogP) is 1.99. The molecule has 2 rings (SSSR count). The van der Waals surface area contributed by atoms with E-state index in [1.165, 1.54) is 12.1 Å². The van der Waals surface area contributed by atoms with Crippen LogP contribution in [-0.2, 0) is 10.2 Å². The molecule has 1 unspecified atom stereocenters. The zero-order chi connectivity index (χ0) is 14.0. The van der Waals surface area contributed by atoms with Gasteiger partial charge in [-0.15, -0.1) is 0 Å². The molecule has 0 aliphatic heterocycles. The number of hydrogen-bond donors (Lipinski definition) is 2. The third-order valence-corrected chi connectivity index (χ3v) is 3.90. The fraction of sp³-hybridized carbons (Fsp3) is 0.533. The SMILES string of the molecule is CC(C)C(CO)NC(=O)C1(c2ccc(F)cc2)CC1. The molecular weight excluding hydrogens is 245 g/mol. The Labute approximate surface area is 112 Å². The molecule has 1 amide bonds. The van der Waals surface area contributed by atoms with Gasteiger partial charge in [0.25, 0.3) is 0 Å². The first-order chi connectivity index (χ1) is 8.99. The summed E-state index contributed by atoms with van der Waals surface area (Å²) in [7, 11) is 0. The van der Waals surface area contributed by atoms with Crippen molar-refractivity contribution < 1.29 is 14.3 Å². The molecule has 1 aromatic carbocycles. The van der Waals surface area contributed by atoms with E-state index in [2.05, 4.69) is 5.32 Å². The Kier molecular flexibility index (Phi) is 3.90. The first-order valence-corrected chi connectivity index (χ1v) is 6.67. The highest BCUT2D eigenvalue weighted by Gasteiger charge is 2.51. The van der Waals surface area contributed by atoms with Gasteiger partial charge >= 0.3 is 0 Å². The number of hydrogen-bond acceptors (Lipinski definition) is 2. The van der Waals surface area contributed by atoms with Gasteiger partial charge in [-0.2, -0.15) is 0 Å². The number of carbonyl (C=O) groups excluding carboxylic acids is 1. The summed E-state index contributed by atoms with van der Waals surface area (Å²) < 4.78 is 12.9. The fourth-order valence-electron chi connectivity index (χ4n) is 2.27. The Morgan fingerprint density at radius 1 is 1.37 bits per heavy atom. The van der Waals surface area contributed by atoms with Crippen LogP contribution in [0, 0.1) is 11.7 Å². The molecule has 19 heavy (non-hydrogen) atoms. The second-order valence-electron chi connectivity index (χ2n) is 5.60. The summed E-state index contributed by atoms with van der Waals surface area (Å²) in [6, 6.07) is 5.88. The molecule has 0 aromatic heterocycles. The molecule has 3 nitrogen and oxygen atoms in total. The van der Waals surface area contributed by atoms with Gasteiger partial charge in [0.1, 0.15) is 5.82 Å². The lowest BCUT2D eigenvalue weighted by Crippen LogP contribution is -2.45. The Morgan fingerprint density at radius 2 is 1.95 bits per heavy atom. The van der Waals surface area contributed by atoms with E-state index in [0.29, 0.717) is 0 Å². The van der Waals surface area contributed by atoms with Crippen LogP contribution in [0.4, 0.5) is 4.39 Å². The van der Waals surface area contributed by atoms with Crippen LogP contribution in [0.3, 0.4) is 0 Å². The summed E-state index contributed by atoms with van der Waals surface area (Å²) in [5.41, 5.74) is 0.336. The number of benzene rings is 1. The Bertz CT molecular complexity index is 452. The lowest BCUT2D eigenvalue weighted by molar-refractivity contribution is -0.125. The monoisotopic (exact) mass is 265 g/mol. The van der Waals surface area contributed by atoms with Gasteiger partial charge < -0.3 is 10.4 Å². The van der Waals surface area contributed by atoms with Crippen LogP contribution in [0.25, 0.3) is 0 Å². The summed E-state index contributed by atoms with van der Waals surface area (Å²) in [6.45, 7) is 3.85. The van der Waals surface area contributed by atoms with Gasteiger partial charge in [0.05, 0.1) is 18.1 Å². The maximum Gasteiger partial charge on any atom is 0.230 e. The summed E-state index contributed by atoms with van der Waals surface area (Å²) in [5, 5.41) is 12.2. The molecule has 1 atom stereocenters. The van der Waals surface area contributed by atoms with Gasteiger partial charge in [0, 0.05) is 0 Å². The largest absolute Gasteiger partial charge is 0.394 e. The van der Waals surface area contributed by atoms with Gasteiger partial charge in [-0.3, -0.25) is 4.79 Å². The molecule has 1 saturated carbocycles. The molecule has 0 saturated heterocycles. The molecule has 104 valence electrons.